The topological polar surface area (TPSA) is 75.1 Å². The number of nitrogens with zero attached hydrogens (tertiary/aromatic N) is 1. The zero-order valence-electron chi connectivity index (χ0n) is 15.8. The fraction of sp³-hybridized carbons (Fsp3) is 0.944. The van der Waals surface area contributed by atoms with E-state index in [1.807, 2.05) is 0 Å². The van der Waals surface area contributed by atoms with Crippen molar-refractivity contribution in [1.29, 1.82) is 0 Å². The average Bonchev–Trinajstić information content (AvgIpc) is 3.11. The smallest absolute Gasteiger partial charge is 0.191 e. The number of rotatable bonds is 12. The number of nitrogens with one attached hydrogen (secondary N) is 2. The number of aliphatic hydroxyl groups excluding tert-OH is 1. The van der Waals surface area contributed by atoms with Crippen LogP contribution in [0, 0.1) is 5.41 Å². The summed E-state index contributed by atoms with van der Waals surface area (Å²) in [5, 5.41) is 15.9. The molecule has 6 nitrogen and oxygen atoms in total. The third-order valence-electron chi connectivity index (χ3n) is 4.93. The molecule has 1 unspecified atom stereocenters. The van der Waals surface area contributed by atoms with Gasteiger partial charge in [0.2, 0.25) is 0 Å². The minimum Gasteiger partial charge on any atom is -0.396 e. The minimum atomic E-state index is 0.0907. The van der Waals surface area contributed by atoms with E-state index in [1.165, 1.54) is 0 Å². The van der Waals surface area contributed by atoms with Gasteiger partial charge >= 0.3 is 0 Å². The second-order valence-corrected chi connectivity index (χ2v) is 6.51. The normalized spacial score (nSPS) is 18.8. The van der Waals surface area contributed by atoms with Crippen molar-refractivity contribution < 1.29 is 14.6 Å². The molecule has 1 aliphatic rings. The Labute approximate surface area is 147 Å². The Bertz CT molecular complexity index is 340. The molecule has 0 aromatic carbocycles. The highest BCUT2D eigenvalue weighted by molar-refractivity contribution is 5.79. The maximum absolute atomic E-state index is 9.32. The number of aliphatic hydroxyl groups is 1. The Morgan fingerprint density at radius 1 is 1.29 bits per heavy atom. The number of ether oxygens (including phenoxy) is 2. The summed E-state index contributed by atoms with van der Waals surface area (Å²) in [5.41, 5.74) is 0.0907. The largest absolute Gasteiger partial charge is 0.396 e. The van der Waals surface area contributed by atoms with Gasteiger partial charge in [0.1, 0.15) is 0 Å². The van der Waals surface area contributed by atoms with Crippen LogP contribution in [0.1, 0.15) is 52.9 Å². The zero-order valence-corrected chi connectivity index (χ0v) is 15.8. The predicted octanol–water partition coefficient (Wildman–Crippen LogP) is 1.93. The highest BCUT2D eigenvalue weighted by Crippen LogP contribution is 2.30. The molecule has 3 N–H and O–H groups in total. The van der Waals surface area contributed by atoms with Gasteiger partial charge in [-0.1, -0.05) is 13.8 Å². The van der Waals surface area contributed by atoms with E-state index in [4.69, 9.17) is 14.5 Å². The maximum atomic E-state index is 9.32. The van der Waals surface area contributed by atoms with Gasteiger partial charge in [0.05, 0.1) is 19.3 Å². The Hall–Kier alpha value is -0.850. The number of guanidine groups is 1. The van der Waals surface area contributed by atoms with Crippen LogP contribution in [0.15, 0.2) is 4.99 Å². The molecule has 0 aromatic heterocycles. The molecule has 0 aliphatic carbocycles. The highest BCUT2D eigenvalue weighted by Gasteiger charge is 2.25. The number of hydrogen-bond donors (Lipinski definition) is 3. The van der Waals surface area contributed by atoms with Gasteiger partial charge in [0, 0.05) is 32.8 Å². The molecule has 24 heavy (non-hydrogen) atoms. The highest BCUT2D eigenvalue weighted by atomic mass is 16.5. The Morgan fingerprint density at radius 2 is 2.08 bits per heavy atom. The van der Waals surface area contributed by atoms with E-state index in [2.05, 4.69) is 31.4 Å². The first kappa shape index (κ1) is 21.2. The van der Waals surface area contributed by atoms with Crippen molar-refractivity contribution in [3.05, 3.63) is 0 Å². The van der Waals surface area contributed by atoms with Crippen LogP contribution in [-0.4, -0.2) is 63.2 Å². The van der Waals surface area contributed by atoms with Gasteiger partial charge in [-0.05, 0) is 44.4 Å². The molecule has 142 valence electrons. The van der Waals surface area contributed by atoms with Gasteiger partial charge in [0.15, 0.2) is 5.96 Å². The zero-order chi connectivity index (χ0) is 17.7. The van der Waals surface area contributed by atoms with Crippen molar-refractivity contribution in [3.8, 4) is 0 Å². The van der Waals surface area contributed by atoms with E-state index in [0.29, 0.717) is 13.2 Å². The summed E-state index contributed by atoms with van der Waals surface area (Å²) in [5.74, 6) is 0.822. The predicted molar refractivity (Wildman–Crippen MR) is 98.5 cm³/mol. The molecule has 1 heterocycles. The first-order chi connectivity index (χ1) is 11.7. The molecule has 0 radical (unpaired) electrons. The molecule has 1 aliphatic heterocycles. The molecule has 1 fully saturated rings. The van der Waals surface area contributed by atoms with Gasteiger partial charge in [-0.2, -0.15) is 0 Å². The first-order valence-corrected chi connectivity index (χ1v) is 9.52. The van der Waals surface area contributed by atoms with Crippen molar-refractivity contribution >= 4 is 5.96 Å². The van der Waals surface area contributed by atoms with E-state index in [0.717, 1.165) is 64.3 Å². The Kier molecular flexibility index (Phi) is 11.0. The fourth-order valence-electron chi connectivity index (χ4n) is 2.96. The third-order valence-corrected chi connectivity index (χ3v) is 4.93. The molecule has 0 saturated carbocycles. The maximum Gasteiger partial charge on any atom is 0.191 e. The summed E-state index contributed by atoms with van der Waals surface area (Å²) in [6.45, 7) is 11.1. The van der Waals surface area contributed by atoms with Gasteiger partial charge in [-0.3, -0.25) is 4.99 Å². The quantitative estimate of drug-likeness (QED) is 0.287. The molecule has 1 rings (SSSR count). The van der Waals surface area contributed by atoms with Crippen LogP contribution in [0.3, 0.4) is 0 Å². The first-order valence-electron chi connectivity index (χ1n) is 9.52. The van der Waals surface area contributed by atoms with Crippen LogP contribution in [0.2, 0.25) is 0 Å². The van der Waals surface area contributed by atoms with Crippen LogP contribution < -0.4 is 10.6 Å². The SMILES string of the molecule is CCNC(=NCC(CC)(CC)CCO)NCCOCC1CCCO1. The standard InChI is InChI=1S/C18H37N3O3/c1-4-18(5-2,9-11-22)15-21-17(19-6-3)20-10-13-23-14-16-8-7-12-24-16/h16,22H,4-15H2,1-3H3,(H2,19,20,21). The molecule has 0 spiro atoms. The average molecular weight is 344 g/mol. The molecular formula is C18H37N3O3. The fourth-order valence-corrected chi connectivity index (χ4v) is 2.96. The Balaban J connectivity index is 2.34. The van der Waals surface area contributed by atoms with E-state index >= 15 is 0 Å². The lowest BCUT2D eigenvalue weighted by Crippen LogP contribution is -2.40. The second-order valence-electron chi connectivity index (χ2n) is 6.51. The summed E-state index contributed by atoms with van der Waals surface area (Å²) in [6.07, 6.45) is 5.38. The van der Waals surface area contributed by atoms with Gasteiger partial charge in [0.25, 0.3) is 0 Å². The van der Waals surface area contributed by atoms with E-state index in [-0.39, 0.29) is 18.1 Å². The van der Waals surface area contributed by atoms with Crippen molar-refractivity contribution in [1.82, 2.24) is 10.6 Å². The third kappa shape index (κ3) is 7.81. The number of aliphatic imine (C=N–C) groups is 1. The van der Waals surface area contributed by atoms with E-state index in [1.54, 1.807) is 0 Å². The van der Waals surface area contributed by atoms with Crippen molar-refractivity contribution in [2.24, 2.45) is 10.4 Å². The van der Waals surface area contributed by atoms with Gasteiger partial charge < -0.3 is 25.2 Å². The Morgan fingerprint density at radius 3 is 2.67 bits per heavy atom. The lowest BCUT2D eigenvalue weighted by atomic mass is 9.79. The van der Waals surface area contributed by atoms with Gasteiger partial charge in [-0.25, -0.2) is 0 Å². The summed E-state index contributed by atoms with van der Waals surface area (Å²) in [7, 11) is 0. The van der Waals surface area contributed by atoms with Crippen LogP contribution in [0.4, 0.5) is 0 Å². The molecule has 1 atom stereocenters. The molecule has 0 amide bonds. The van der Waals surface area contributed by atoms with Crippen LogP contribution in [0.5, 0.6) is 0 Å². The lowest BCUT2D eigenvalue weighted by Gasteiger charge is -2.29. The molecule has 0 bridgehead atoms. The van der Waals surface area contributed by atoms with Crippen LogP contribution >= 0.6 is 0 Å². The summed E-state index contributed by atoms with van der Waals surface area (Å²) < 4.78 is 11.2. The lowest BCUT2D eigenvalue weighted by molar-refractivity contribution is 0.0191. The molecule has 6 heteroatoms. The van der Waals surface area contributed by atoms with Crippen molar-refractivity contribution in [2.75, 3.05) is 46.1 Å². The van der Waals surface area contributed by atoms with Crippen molar-refractivity contribution in [2.45, 2.75) is 59.0 Å². The summed E-state index contributed by atoms with van der Waals surface area (Å²) in [6, 6.07) is 0. The minimum absolute atomic E-state index is 0.0907. The number of hydrogen-bond acceptors (Lipinski definition) is 4. The monoisotopic (exact) mass is 343 g/mol. The molecule has 0 aromatic rings. The van der Waals surface area contributed by atoms with E-state index in [9.17, 15) is 5.11 Å². The molecular weight excluding hydrogens is 306 g/mol. The van der Waals surface area contributed by atoms with Crippen LogP contribution in [-0.2, 0) is 9.47 Å². The van der Waals surface area contributed by atoms with Crippen molar-refractivity contribution in [3.63, 3.8) is 0 Å². The van der Waals surface area contributed by atoms with Gasteiger partial charge in [-0.15, -0.1) is 0 Å². The summed E-state index contributed by atoms with van der Waals surface area (Å²) >= 11 is 0. The summed E-state index contributed by atoms with van der Waals surface area (Å²) in [4.78, 5) is 4.72. The van der Waals surface area contributed by atoms with Crippen LogP contribution in [0.25, 0.3) is 0 Å². The van der Waals surface area contributed by atoms with E-state index < -0.39 is 0 Å². The molecule has 1 saturated heterocycles. The second kappa shape index (κ2) is 12.5.